The predicted octanol–water partition coefficient (Wildman–Crippen LogP) is 1.67. The number of aromatic nitrogens is 2. The van der Waals surface area contributed by atoms with E-state index in [-0.39, 0.29) is 0 Å². The Bertz CT molecular complexity index is 203. The van der Waals surface area contributed by atoms with Gasteiger partial charge in [-0.2, -0.15) is 5.10 Å². The average Bonchev–Trinajstić information content (AvgIpc) is 2.32. The molecule has 4 heteroatoms. The van der Waals surface area contributed by atoms with E-state index in [1.807, 2.05) is 6.07 Å². The topological polar surface area (TPSA) is 37.9 Å². The maximum absolute atomic E-state index is 5.45. The van der Waals surface area contributed by atoms with Crippen molar-refractivity contribution in [3.8, 4) is 5.88 Å². The van der Waals surface area contributed by atoms with Crippen molar-refractivity contribution in [2.24, 2.45) is 0 Å². The van der Waals surface area contributed by atoms with Crippen molar-refractivity contribution in [2.45, 2.75) is 19.6 Å². The first-order valence-corrected chi connectivity index (χ1v) is 7.41. The van der Waals surface area contributed by atoms with Crippen molar-refractivity contribution in [1.82, 2.24) is 10.2 Å². The molecular weight excluding hydrogens is 156 g/mol. The van der Waals surface area contributed by atoms with Crippen molar-refractivity contribution in [2.75, 3.05) is 6.23 Å². The minimum absolute atomic E-state index is 0.771. The summed E-state index contributed by atoms with van der Waals surface area (Å²) in [6, 6.07) is 1.83. The molecule has 11 heavy (non-hydrogen) atoms. The lowest BCUT2D eigenvalue weighted by atomic mass is 10.7. The van der Waals surface area contributed by atoms with Crippen LogP contribution in [0.1, 0.15) is 0 Å². The van der Waals surface area contributed by atoms with Crippen LogP contribution < -0.4 is 4.74 Å². The molecule has 0 aliphatic heterocycles. The molecule has 1 aromatic rings. The summed E-state index contributed by atoms with van der Waals surface area (Å²) in [5.74, 6) is 0.771. The van der Waals surface area contributed by atoms with Gasteiger partial charge in [-0.15, -0.1) is 0 Å². The van der Waals surface area contributed by atoms with Crippen molar-refractivity contribution >= 4 is 8.07 Å². The number of nitrogens with zero attached hydrogens (tertiary/aromatic N) is 1. The number of H-pyrrole nitrogens is 1. The summed E-state index contributed by atoms with van der Waals surface area (Å²) in [5, 5.41) is 6.55. The molecule has 62 valence electrons. The van der Waals surface area contributed by atoms with Gasteiger partial charge in [-0.1, -0.05) is 19.6 Å². The highest BCUT2D eigenvalue weighted by molar-refractivity contribution is 6.76. The van der Waals surface area contributed by atoms with Crippen molar-refractivity contribution < 1.29 is 4.74 Å². The molecule has 0 bridgehead atoms. The zero-order valence-corrected chi connectivity index (χ0v) is 8.22. The molecule has 1 rings (SSSR count). The quantitative estimate of drug-likeness (QED) is 0.701. The second kappa shape index (κ2) is 3.09. The first-order valence-electron chi connectivity index (χ1n) is 3.70. The molecule has 1 N–H and O–H groups in total. The third-order valence-electron chi connectivity index (χ3n) is 1.14. The molecule has 0 atom stereocenters. The molecule has 0 saturated heterocycles. The summed E-state index contributed by atoms with van der Waals surface area (Å²) in [6.07, 6.45) is 2.54. The van der Waals surface area contributed by atoms with Crippen LogP contribution in [0.4, 0.5) is 0 Å². The van der Waals surface area contributed by atoms with Crippen molar-refractivity contribution in [1.29, 1.82) is 0 Å². The normalized spacial score (nSPS) is 11.5. The summed E-state index contributed by atoms with van der Waals surface area (Å²) in [7, 11) is -1.08. The van der Waals surface area contributed by atoms with Gasteiger partial charge in [-0.25, -0.2) is 5.10 Å². The molecule has 0 saturated carbocycles. The van der Waals surface area contributed by atoms with Crippen LogP contribution in [-0.2, 0) is 0 Å². The zero-order valence-electron chi connectivity index (χ0n) is 7.22. The van der Waals surface area contributed by atoms with Crippen molar-refractivity contribution in [3.05, 3.63) is 12.3 Å². The van der Waals surface area contributed by atoms with Crippen LogP contribution in [0.5, 0.6) is 5.88 Å². The van der Waals surface area contributed by atoms with Gasteiger partial charge in [0.2, 0.25) is 5.88 Å². The molecule has 0 amide bonds. The molecule has 1 aromatic heterocycles. The molecule has 1 heterocycles. The van der Waals surface area contributed by atoms with Crippen LogP contribution in [0.3, 0.4) is 0 Å². The van der Waals surface area contributed by atoms with Crippen LogP contribution in [0.25, 0.3) is 0 Å². The number of nitrogens with one attached hydrogen (secondary N) is 1. The van der Waals surface area contributed by atoms with E-state index in [9.17, 15) is 0 Å². The Hall–Kier alpha value is -0.773. The lowest BCUT2D eigenvalue weighted by molar-refractivity contribution is 0.362. The summed E-state index contributed by atoms with van der Waals surface area (Å²) in [6.45, 7) is 6.80. The van der Waals surface area contributed by atoms with E-state index >= 15 is 0 Å². The van der Waals surface area contributed by atoms with Crippen molar-refractivity contribution in [3.63, 3.8) is 0 Å². The molecule has 0 aliphatic rings. The highest BCUT2D eigenvalue weighted by atomic mass is 28.3. The summed E-state index contributed by atoms with van der Waals surface area (Å²) >= 11 is 0. The van der Waals surface area contributed by atoms with Crippen LogP contribution in [0.2, 0.25) is 19.6 Å². The molecule has 0 aromatic carbocycles. The van der Waals surface area contributed by atoms with Crippen LogP contribution in [0, 0.1) is 0 Å². The molecule has 0 aliphatic carbocycles. The van der Waals surface area contributed by atoms with E-state index in [0.717, 1.165) is 12.1 Å². The lowest BCUT2D eigenvalue weighted by Crippen LogP contribution is -2.30. The Morgan fingerprint density at radius 3 is 2.73 bits per heavy atom. The molecule has 3 nitrogen and oxygen atoms in total. The molecule has 0 radical (unpaired) electrons. The Labute approximate surface area is 67.8 Å². The van der Waals surface area contributed by atoms with E-state index in [1.54, 1.807) is 6.20 Å². The van der Waals surface area contributed by atoms with Gasteiger partial charge >= 0.3 is 0 Å². The second-order valence-electron chi connectivity index (χ2n) is 3.77. The highest BCUT2D eigenvalue weighted by Gasteiger charge is 2.13. The Balaban J connectivity index is 2.35. The number of aromatic amines is 1. The fourth-order valence-corrected chi connectivity index (χ4v) is 1.21. The van der Waals surface area contributed by atoms with E-state index in [4.69, 9.17) is 4.74 Å². The molecular formula is C7H14N2OSi. The highest BCUT2D eigenvalue weighted by Crippen LogP contribution is 2.06. The van der Waals surface area contributed by atoms with Crippen LogP contribution >= 0.6 is 0 Å². The van der Waals surface area contributed by atoms with Gasteiger partial charge in [0.15, 0.2) is 0 Å². The fraction of sp³-hybridized carbons (Fsp3) is 0.571. The maximum atomic E-state index is 5.45. The first-order chi connectivity index (χ1) is 5.08. The van der Waals surface area contributed by atoms with E-state index in [0.29, 0.717) is 0 Å². The van der Waals surface area contributed by atoms with Gasteiger partial charge in [0.1, 0.15) is 0 Å². The summed E-state index contributed by atoms with van der Waals surface area (Å²) < 4.78 is 5.45. The van der Waals surface area contributed by atoms with E-state index in [2.05, 4.69) is 29.8 Å². The average molecular weight is 170 g/mol. The monoisotopic (exact) mass is 170 g/mol. The fourth-order valence-electron chi connectivity index (χ4n) is 0.618. The van der Waals surface area contributed by atoms with Gasteiger partial charge < -0.3 is 4.74 Å². The first kappa shape index (κ1) is 8.32. The maximum Gasteiger partial charge on any atom is 0.208 e. The van der Waals surface area contributed by atoms with E-state index < -0.39 is 8.07 Å². The third kappa shape index (κ3) is 3.22. The van der Waals surface area contributed by atoms with E-state index in [1.165, 1.54) is 0 Å². The summed E-state index contributed by atoms with van der Waals surface area (Å²) in [4.78, 5) is 0. The predicted molar refractivity (Wildman–Crippen MR) is 47.4 cm³/mol. The second-order valence-corrected chi connectivity index (χ2v) is 9.18. The van der Waals surface area contributed by atoms with Gasteiger partial charge in [0.05, 0.1) is 20.5 Å². The minimum atomic E-state index is -1.08. The Kier molecular flexibility index (Phi) is 2.33. The standard InChI is InChI=1S/C7H14N2OSi/c1-11(2,3)6-10-7-4-5-8-9-7/h4-5H,6H2,1-3H3,(H,8,9). The Morgan fingerprint density at radius 2 is 2.27 bits per heavy atom. The number of hydrogen-bond donors (Lipinski definition) is 1. The number of rotatable bonds is 3. The smallest absolute Gasteiger partial charge is 0.208 e. The number of hydrogen-bond acceptors (Lipinski definition) is 2. The zero-order chi connectivity index (χ0) is 8.32. The molecule has 0 spiro atoms. The Morgan fingerprint density at radius 1 is 1.55 bits per heavy atom. The minimum Gasteiger partial charge on any atom is -0.482 e. The SMILES string of the molecule is C[Si](C)(C)COc1ccn[nH]1. The lowest BCUT2D eigenvalue weighted by Gasteiger charge is -2.14. The van der Waals surface area contributed by atoms with Gasteiger partial charge in [-0.05, 0) is 0 Å². The van der Waals surface area contributed by atoms with Crippen LogP contribution in [-0.4, -0.2) is 24.5 Å². The third-order valence-corrected chi connectivity index (χ3v) is 2.15. The van der Waals surface area contributed by atoms with Gasteiger partial charge in [-0.3, -0.25) is 0 Å². The molecule has 0 fully saturated rings. The largest absolute Gasteiger partial charge is 0.482 e. The summed E-state index contributed by atoms with van der Waals surface area (Å²) in [5.41, 5.74) is 0. The van der Waals surface area contributed by atoms with Crippen LogP contribution in [0.15, 0.2) is 12.3 Å². The number of ether oxygens (including phenoxy) is 1. The van der Waals surface area contributed by atoms with Gasteiger partial charge in [0, 0.05) is 6.07 Å². The molecule has 0 unspecified atom stereocenters. The van der Waals surface area contributed by atoms with Gasteiger partial charge in [0.25, 0.3) is 0 Å².